The molecule has 0 bridgehead atoms. The number of nitrogen functional groups attached to an aromatic ring is 1. The summed E-state index contributed by atoms with van der Waals surface area (Å²) in [6, 6.07) is -1.17. The highest BCUT2D eigenvalue weighted by Crippen LogP contribution is 2.35. The van der Waals surface area contributed by atoms with E-state index in [2.05, 4.69) is 4.98 Å². The first-order valence-electron chi connectivity index (χ1n) is 5.17. The summed E-state index contributed by atoms with van der Waals surface area (Å²) in [6.45, 7) is -0.664. The van der Waals surface area contributed by atoms with Crippen molar-refractivity contribution in [1.29, 1.82) is 0 Å². The average molecular weight is 259 g/mol. The van der Waals surface area contributed by atoms with Gasteiger partial charge in [0.05, 0.1) is 18.8 Å². The predicted molar refractivity (Wildman–Crippen MR) is 57.7 cm³/mol. The highest BCUT2D eigenvalue weighted by Gasteiger charge is 2.34. The highest BCUT2D eigenvalue weighted by atomic mass is 19.1. The van der Waals surface area contributed by atoms with E-state index in [1.807, 2.05) is 0 Å². The summed E-state index contributed by atoms with van der Waals surface area (Å²) in [4.78, 5) is 14.7. The minimum atomic E-state index is -1.20. The summed E-state index contributed by atoms with van der Waals surface area (Å²) in [5.74, 6) is -2.37. The lowest BCUT2D eigenvalue weighted by Crippen LogP contribution is -2.28. The zero-order chi connectivity index (χ0) is 13.4. The van der Waals surface area contributed by atoms with Crippen molar-refractivity contribution >= 4 is 5.82 Å². The van der Waals surface area contributed by atoms with Gasteiger partial charge >= 0.3 is 5.69 Å². The minimum Gasteiger partial charge on any atom is -0.392 e. The number of hydrogen-bond acceptors (Lipinski definition) is 5. The van der Waals surface area contributed by atoms with Gasteiger partial charge in [-0.05, 0) is 0 Å². The van der Waals surface area contributed by atoms with Gasteiger partial charge in [0.2, 0.25) is 0 Å². The largest absolute Gasteiger partial charge is 0.392 e. The number of aromatic nitrogens is 2. The Balaban J connectivity index is 2.49. The molecule has 0 fully saturated rings. The number of aliphatic hydroxyl groups excluding tert-OH is 2. The molecule has 0 saturated carbocycles. The maximum Gasteiger partial charge on any atom is 0.350 e. The molecule has 2 unspecified atom stereocenters. The first-order valence-corrected chi connectivity index (χ1v) is 5.17. The average Bonchev–Trinajstić information content (AvgIpc) is 2.59. The molecule has 6 nitrogen and oxygen atoms in total. The second kappa shape index (κ2) is 4.46. The summed E-state index contributed by atoms with van der Waals surface area (Å²) in [6.07, 6.45) is -0.623. The van der Waals surface area contributed by atoms with Crippen molar-refractivity contribution in [2.24, 2.45) is 0 Å². The van der Waals surface area contributed by atoms with Gasteiger partial charge in [-0.25, -0.2) is 13.6 Å². The third kappa shape index (κ3) is 1.89. The van der Waals surface area contributed by atoms with Crippen LogP contribution in [0, 0.1) is 5.82 Å². The molecule has 1 heterocycles. The van der Waals surface area contributed by atoms with E-state index in [4.69, 9.17) is 10.8 Å². The van der Waals surface area contributed by atoms with E-state index in [0.29, 0.717) is 4.57 Å². The lowest BCUT2D eigenvalue weighted by atomic mass is 10.2. The molecule has 0 amide bonds. The molecule has 1 aromatic rings. The van der Waals surface area contributed by atoms with Gasteiger partial charge < -0.3 is 15.9 Å². The summed E-state index contributed by atoms with van der Waals surface area (Å²) in [7, 11) is 0. The van der Waals surface area contributed by atoms with Crippen LogP contribution in [-0.2, 0) is 0 Å². The number of nitrogens with zero attached hydrogens (tertiary/aromatic N) is 2. The van der Waals surface area contributed by atoms with E-state index >= 15 is 0 Å². The van der Waals surface area contributed by atoms with Crippen molar-refractivity contribution in [3.05, 3.63) is 33.9 Å². The van der Waals surface area contributed by atoms with E-state index in [1.54, 1.807) is 0 Å². The highest BCUT2D eigenvalue weighted by molar-refractivity contribution is 5.29. The zero-order valence-electron chi connectivity index (χ0n) is 9.18. The number of nitrogens with two attached hydrogens (primary N) is 1. The standard InChI is InChI=1S/C10H11F2N3O3/c11-5-2-15(10(18)14-9(5)13)6-1-7(17)4(3-16)8(6)12/h2,6-7,16-17H,1,3H2,(H2,13,14,18). The van der Waals surface area contributed by atoms with Crippen LogP contribution in [0.15, 0.2) is 22.4 Å². The quantitative estimate of drug-likeness (QED) is 0.663. The van der Waals surface area contributed by atoms with Crippen LogP contribution in [0.1, 0.15) is 12.5 Å². The molecule has 18 heavy (non-hydrogen) atoms. The predicted octanol–water partition coefficient (Wildman–Crippen LogP) is -0.514. The molecule has 0 aliphatic heterocycles. The summed E-state index contributed by atoms with van der Waals surface area (Å²) in [5, 5.41) is 18.4. The lowest BCUT2D eigenvalue weighted by molar-refractivity contribution is 0.181. The third-order valence-electron chi connectivity index (χ3n) is 2.89. The summed E-state index contributed by atoms with van der Waals surface area (Å²) < 4.78 is 27.8. The van der Waals surface area contributed by atoms with Gasteiger partial charge in [0.25, 0.3) is 0 Å². The fourth-order valence-electron chi connectivity index (χ4n) is 1.93. The van der Waals surface area contributed by atoms with Crippen LogP contribution in [0.4, 0.5) is 14.6 Å². The molecule has 4 N–H and O–H groups in total. The van der Waals surface area contributed by atoms with Gasteiger partial charge in [-0.15, -0.1) is 0 Å². The van der Waals surface area contributed by atoms with Crippen LogP contribution < -0.4 is 11.4 Å². The number of allylic oxidation sites excluding steroid dienone is 1. The smallest absolute Gasteiger partial charge is 0.350 e. The summed E-state index contributed by atoms with van der Waals surface area (Å²) in [5.41, 5.74) is 3.99. The maximum absolute atomic E-state index is 13.8. The molecule has 1 aromatic heterocycles. The van der Waals surface area contributed by atoms with Crippen LogP contribution >= 0.6 is 0 Å². The molecule has 98 valence electrons. The van der Waals surface area contributed by atoms with Gasteiger partial charge in [0.15, 0.2) is 11.6 Å². The SMILES string of the molecule is Nc1nc(=O)n(C2CC(O)C(CO)=C2F)cc1F. The van der Waals surface area contributed by atoms with E-state index in [0.717, 1.165) is 6.20 Å². The number of anilines is 1. The summed E-state index contributed by atoms with van der Waals surface area (Å²) >= 11 is 0. The van der Waals surface area contributed by atoms with Crippen LogP contribution in [0.5, 0.6) is 0 Å². The van der Waals surface area contributed by atoms with Crippen molar-refractivity contribution < 1.29 is 19.0 Å². The molecule has 0 saturated heterocycles. The molecular formula is C10H11F2N3O3. The van der Waals surface area contributed by atoms with Crippen LogP contribution in [-0.4, -0.2) is 32.5 Å². The molecule has 8 heteroatoms. The van der Waals surface area contributed by atoms with Crippen molar-refractivity contribution in [3.8, 4) is 0 Å². The first-order chi connectivity index (χ1) is 8.45. The van der Waals surface area contributed by atoms with Crippen molar-refractivity contribution in [2.45, 2.75) is 18.6 Å². The minimum absolute atomic E-state index is 0.160. The van der Waals surface area contributed by atoms with Gasteiger partial charge in [-0.3, -0.25) is 4.57 Å². The second-order valence-electron chi connectivity index (χ2n) is 3.96. The molecule has 1 aliphatic carbocycles. The maximum atomic E-state index is 13.8. The van der Waals surface area contributed by atoms with Crippen molar-refractivity contribution in [1.82, 2.24) is 9.55 Å². The van der Waals surface area contributed by atoms with Crippen molar-refractivity contribution in [2.75, 3.05) is 12.3 Å². The molecule has 1 aliphatic rings. The number of aliphatic hydroxyl groups is 2. The number of hydrogen-bond donors (Lipinski definition) is 3. The molecule has 0 aromatic carbocycles. The Morgan fingerprint density at radius 1 is 1.56 bits per heavy atom. The van der Waals surface area contributed by atoms with Crippen LogP contribution in [0.2, 0.25) is 0 Å². The monoisotopic (exact) mass is 259 g/mol. The lowest BCUT2D eigenvalue weighted by Gasteiger charge is -2.13. The van der Waals surface area contributed by atoms with Crippen molar-refractivity contribution in [3.63, 3.8) is 0 Å². The Bertz CT molecular complexity index is 570. The van der Waals surface area contributed by atoms with Crippen LogP contribution in [0.25, 0.3) is 0 Å². The second-order valence-corrected chi connectivity index (χ2v) is 3.96. The third-order valence-corrected chi connectivity index (χ3v) is 2.89. The van der Waals surface area contributed by atoms with E-state index in [1.165, 1.54) is 0 Å². The van der Waals surface area contributed by atoms with E-state index in [-0.39, 0.29) is 12.0 Å². The molecule has 2 atom stereocenters. The molecule has 2 rings (SSSR count). The molecule has 0 spiro atoms. The van der Waals surface area contributed by atoms with E-state index in [9.17, 15) is 18.7 Å². The first kappa shape index (κ1) is 12.7. The van der Waals surface area contributed by atoms with Gasteiger partial charge in [0.1, 0.15) is 5.83 Å². The van der Waals surface area contributed by atoms with E-state index < -0.39 is 41.9 Å². The van der Waals surface area contributed by atoms with Gasteiger partial charge in [0, 0.05) is 18.2 Å². The Morgan fingerprint density at radius 2 is 2.22 bits per heavy atom. The van der Waals surface area contributed by atoms with Gasteiger partial charge in [-0.2, -0.15) is 4.98 Å². The number of rotatable bonds is 2. The fraction of sp³-hybridized carbons (Fsp3) is 0.400. The Labute approximate surface area is 100.0 Å². The Hall–Kier alpha value is -1.80. The molecular weight excluding hydrogens is 248 g/mol. The topological polar surface area (TPSA) is 101 Å². The number of halogens is 2. The zero-order valence-corrected chi connectivity index (χ0v) is 9.18. The fourth-order valence-corrected chi connectivity index (χ4v) is 1.93. The Kier molecular flexibility index (Phi) is 3.14. The Morgan fingerprint density at radius 3 is 2.78 bits per heavy atom. The normalized spacial score (nSPS) is 23.8. The molecule has 0 radical (unpaired) electrons. The van der Waals surface area contributed by atoms with Gasteiger partial charge in [-0.1, -0.05) is 0 Å². The van der Waals surface area contributed by atoms with Crippen LogP contribution in [0.3, 0.4) is 0 Å².